The van der Waals surface area contributed by atoms with Gasteiger partial charge in [0, 0.05) is 24.3 Å². The van der Waals surface area contributed by atoms with Gasteiger partial charge in [0.05, 0.1) is 22.4 Å². The molecular weight excluding hydrogens is 462 g/mol. The Bertz CT molecular complexity index is 918. The van der Waals surface area contributed by atoms with Crippen LogP contribution in [0.25, 0.3) is 0 Å². The van der Waals surface area contributed by atoms with E-state index >= 15 is 0 Å². The molecule has 1 fully saturated rings. The molecule has 0 unspecified atom stereocenters. The number of carbonyl (C=O) groups excluding carboxylic acids is 2. The van der Waals surface area contributed by atoms with Crippen LogP contribution in [0.4, 0.5) is 5.13 Å². The number of hydrogen-bond acceptors (Lipinski definition) is 9. The second-order valence-corrected chi connectivity index (χ2v) is 11.4. The van der Waals surface area contributed by atoms with Crippen molar-refractivity contribution < 1.29 is 19.2 Å². The van der Waals surface area contributed by atoms with E-state index in [-0.39, 0.29) is 23.7 Å². The minimum atomic E-state index is -0.416. The highest BCUT2D eigenvalue weighted by atomic mass is 32.2. The second-order valence-electron chi connectivity index (χ2n) is 9.13. The number of anilines is 1. The lowest BCUT2D eigenvalue weighted by molar-refractivity contribution is -0.129. The summed E-state index contributed by atoms with van der Waals surface area (Å²) in [4.78, 5) is 35.2. The van der Waals surface area contributed by atoms with Crippen LogP contribution in [-0.4, -0.2) is 46.6 Å². The average molecular weight is 496 g/mol. The van der Waals surface area contributed by atoms with Gasteiger partial charge in [-0.1, -0.05) is 32.1 Å². The number of nitrogens with zero attached hydrogens (tertiary/aromatic N) is 3. The summed E-state index contributed by atoms with van der Waals surface area (Å²) in [7, 11) is 0. The predicted molar refractivity (Wildman–Crippen MR) is 129 cm³/mol. The summed E-state index contributed by atoms with van der Waals surface area (Å²) in [5.41, 5.74) is 1.57. The molecule has 33 heavy (non-hydrogen) atoms. The molecule has 1 saturated heterocycles. The van der Waals surface area contributed by atoms with E-state index in [9.17, 15) is 9.59 Å². The number of rotatable bonds is 10. The van der Waals surface area contributed by atoms with Crippen molar-refractivity contribution >= 4 is 40.0 Å². The fraction of sp³-hybridized carbons (Fsp3) is 0.636. The smallest absolute Gasteiger partial charge is 0.243 e. The fourth-order valence-electron chi connectivity index (χ4n) is 3.50. The summed E-state index contributed by atoms with van der Waals surface area (Å²) in [5, 5.41) is 12.6. The number of thioether (sulfide) groups is 1. The van der Waals surface area contributed by atoms with Gasteiger partial charge in [-0.2, -0.15) is 0 Å². The molecule has 11 heteroatoms. The Balaban J connectivity index is 1.63. The Hall–Kier alpha value is -1.95. The summed E-state index contributed by atoms with van der Waals surface area (Å²) in [5.74, 6) is 1.78. The molecule has 0 radical (unpaired) electrons. The van der Waals surface area contributed by atoms with Crippen molar-refractivity contribution in [3.8, 4) is 0 Å². The van der Waals surface area contributed by atoms with Crippen LogP contribution in [0, 0.1) is 5.92 Å². The van der Waals surface area contributed by atoms with Gasteiger partial charge < -0.3 is 9.73 Å². The Morgan fingerprint density at radius 3 is 2.70 bits per heavy atom. The first-order valence-electron chi connectivity index (χ1n) is 11.3. The van der Waals surface area contributed by atoms with E-state index in [1.54, 1.807) is 34.5 Å². The number of amides is 2. The van der Waals surface area contributed by atoms with Crippen molar-refractivity contribution in [3.63, 3.8) is 0 Å². The van der Waals surface area contributed by atoms with Gasteiger partial charge in [-0.25, -0.2) is 15.4 Å². The highest BCUT2D eigenvalue weighted by Crippen LogP contribution is 2.34. The third-order valence-corrected chi connectivity index (χ3v) is 7.65. The van der Waals surface area contributed by atoms with E-state index in [0.29, 0.717) is 36.2 Å². The molecule has 0 bridgehead atoms. The zero-order valence-electron chi connectivity index (χ0n) is 19.4. The number of piperidine rings is 1. The number of thiazole rings is 1. The van der Waals surface area contributed by atoms with Crippen LogP contribution in [0.15, 0.2) is 21.0 Å². The Labute approximate surface area is 202 Å². The van der Waals surface area contributed by atoms with Crippen molar-refractivity contribution in [1.29, 1.82) is 0 Å². The summed E-state index contributed by atoms with van der Waals surface area (Å²) in [6.07, 6.45) is 6.65. The molecule has 2 aromatic rings. The van der Waals surface area contributed by atoms with Gasteiger partial charge in [-0.05, 0) is 38.8 Å². The van der Waals surface area contributed by atoms with E-state index in [2.05, 4.69) is 36.1 Å². The lowest BCUT2D eigenvalue weighted by Gasteiger charge is -2.28. The highest BCUT2D eigenvalue weighted by molar-refractivity contribution is 8.00. The molecule has 9 nitrogen and oxygen atoms in total. The molecule has 1 aliphatic rings. The van der Waals surface area contributed by atoms with E-state index in [1.807, 2.05) is 0 Å². The first kappa shape index (κ1) is 25.7. The molecule has 3 N–H and O–H groups in total. The molecule has 2 aromatic heterocycles. The molecule has 3 rings (SSSR count). The SMILES string of the molecule is CC(C)(C)c1cnc(CSc2cnc(N(CCCCC(=O)NO)C(=O)C3CCNCC3)s2)o1. The molecule has 0 atom stereocenters. The number of hydrogen-bond donors (Lipinski definition) is 3. The number of hydroxylamine groups is 1. The Morgan fingerprint density at radius 1 is 1.27 bits per heavy atom. The number of carbonyl (C=O) groups is 2. The molecule has 0 aromatic carbocycles. The topological polar surface area (TPSA) is 121 Å². The van der Waals surface area contributed by atoms with Crippen LogP contribution < -0.4 is 15.7 Å². The van der Waals surface area contributed by atoms with Gasteiger partial charge in [0.15, 0.2) is 5.13 Å². The van der Waals surface area contributed by atoms with Crippen LogP contribution in [0.2, 0.25) is 0 Å². The highest BCUT2D eigenvalue weighted by Gasteiger charge is 2.28. The van der Waals surface area contributed by atoms with Crippen molar-refractivity contribution in [2.24, 2.45) is 5.92 Å². The van der Waals surface area contributed by atoms with Gasteiger partial charge >= 0.3 is 0 Å². The summed E-state index contributed by atoms with van der Waals surface area (Å²) in [6.45, 7) is 8.44. The van der Waals surface area contributed by atoms with Crippen LogP contribution in [0.1, 0.15) is 64.5 Å². The van der Waals surface area contributed by atoms with E-state index < -0.39 is 5.91 Å². The number of oxazole rings is 1. The Morgan fingerprint density at radius 2 is 2.03 bits per heavy atom. The van der Waals surface area contributed by atoms with Crippen LogP contribution in [-0.2, 0) is 20.8 Å². The molecule has 0 aliphatic carbocycles. The maximum absolute atomic E-state index is 13.3. The van der Waals surface area contributed by atoms with Gasteiger partial charge in [0.25, 0.3) is 0 Å². The largest absolute Gasteiger partial charge is 0.444 e. The summed E-state index contributed by atoms with van der Waals surface area (Å²) in [6, 6.07) is 0. The second kappa shape index (κ2) is 12.0. The van der Waals surface area contributed by atoms with E-state index in [1.165, 1.54) is 11.3 Å². The minimum absolute atomic E-state index is 0.0184. The molecule has 3 heterocycles. The lowest BCUT2D eigenvalue weighted by Crippen LogP contribution is -2.41. The van der Waals surface area contributed by atoms with Crippen molar-refractivity contribution in [2.45, 2.75) is 68.3 Å². The first-order chi connectivity index (χ1) is 15.8. The molecule has 182 valence electrons. The first-order valence-corrected chi connectivity index (χ1v) is 13.1. The maximum atomic E-state index is 13.3. The predicted octanol–water partition coefficient (Wildman–Crippen LogP) is 3.73. The number of unbranched alkanes of at least 4 members (excludes halogenated alkanes) is 1. The van der Waals surface area contributed by atoms with Crippen molar-refractivity contribution in [1.82, 2.24) is 20.8 Å². The summed E-state index contributed by atoms with van der Waals surface area (Å²) < 4.78 is 6.86. The standard InChI is InChI=1S/C22H33N5O4S2/c1-22(2,3)16-12-24-18(31-16)14-32-19-13-25-21(33-19)27(11-5-4-6-17(28)26-30)20(29)15-7-9-23-10-8-15/h12-13,15,23,30H,4-11,14H2,1-3H3,(H,26,28). The van der Waals surface area contributed by atoms with Gasteiger partial charge in [0.1, 0.15) is 5.76 Å². The third-order valence-electron chi connectivity index (χ3n) is 5.45. The van der Waals surface area contributed by atoms with E-state index in [4.69, 9.17) is 9.62 Å². The van der Waals surface area contributed by atoms with Crippen LogP contribution in [0.3, 0.4) is 0 Å². The number of nitrogens with one attached hydrogen (secondary N) is 2. The zero-order chi connectivity index (χ0) is 23.8. The molecule has 0 spiro atoms. The lowest BCUT2D eigenvalue weighted by atomic mass is 9.94. The quantitative estimate of drug-likeness (QED) is 0.197. The minimum Gasteiger partial charge on any atom is -0.444 e. The molecule has 2 amide bonds. The Kier molecular flexibility index (Phi) is 9.30. The average Bonchev–Trinajstić information content (AvgIpc) is 3.47. The van der Waals surface area contributed by atoms with Gasteiger partial charge in [-0.15, -0.1) is 11.8 Å². The van der Waals surface area contributed by atoms with Gasteiger partial charge in [0.2, 0.25) is 17.7 Å². The van der Waals surface area contributed by atoms with Crippen molar-refractivity contribution in [2.75, 3.05) is 24.5 Å². The molecule has 0 saturated carbocycles. The monoisotopic (exact) mass is 495 g/mol. The van der Waals surface area contributed by atoms with Crippen LogP contribution >= 0.6 is 23.1 Å². The maximum Gasteiger partial charge on any atom is 0.243 e. The normalized spacial score (nSPS) is 14.9. The molecule has 1 aliphatic heterocycles. The van der Waals surface area contributed by atoms with Crippen molar-refractivity contribution in [3.05, 3.63) is 24.0 Å². The zero-order valence-corrected chi connectivity index (χ0v) is 21.1. The summed E-state index contributed by atoms with van der Waals surface area (Å²) >= 11 is 3.08. The number of aromatic nitrogens is 2. The van der Waals surface area contributed by atoms with E-state index in [0.717, 1.165) is 35.9 Å². The van der Waals surface area contributed by atoms with Gasteiger partial charge in [-0.3, -0.25) is 19.7 Å². The molecular formula is C22H33N5O4S2. The fourth-order valence-corrected chi connectivity index (χ4v) is 5.34. The third kappa shape index (κ3) is 7.53. The van der Waals surface area contributed by atoms with Crippen LogP contribution in [0.5, 0.6) is 0 Å².